The number of rotatable bonds is 7. The molecule has 1 saturated heterocycles. The van der Waals surface area contributed by atoms with E-state index in [1.165, 1.54) is 42.5 Å². The van der Waals surface area contributed by atoms with Crippen molar-refractivity contribution >= 4 is 23.2 Å². The molecule has 3 heteroatoms. The van der Waals surface area contributed by atoms with Gasteiger partial charge in [0, 0.05) is 18.5 Å². The van der Waals surface area contributed by atoms with Crippen LogP contribution in [0.3, 0.4) is 0 Å². The Morgan fingerprint density at radius 2 is 1.47 bits per heavy atom. The third-order valence-corrected chi connectivity index (χ3v) is 7.07. The molecular weight excluding hydrogens is 409 g/mol. The quantitative estimate of drug-likeness (QED) is 0.367. The van der Waals surface area contributed by atoms with Crippen LogP contribution in [0.1, 0.15) is 48.3 Å². The third-order valence-electron chi connectivity index (χ3n) is 6.33. The Morgan fingerprint density at radius 1 is 0.800 bits per heavy atom. The Balaban J connectivity index is 1.50. The van der Waals surface area contributed by atoms with Crippen LogP contribution in [-0.2, 0) is 6.42 Å². The minimum absolute atomic E-state index is 0.433. The monoisotopic (exact) mass is 437 g/mol. The standard InChI is InChI=1S/C27H29Cl2N/c28-26-15-14-21(19-27(26)29)16-18-30-17-8-7-13-24(30)20-25(22-9-3-1-4-10-22)23-11-5-2-6-12-23/h1-6,9-12,14-15,19,24-25H,7-8,13,16-18,20H2. The van der Waals surface area contributed by atoms with Crippen molar-refractivity contribution in [1.82, 2.24) is 4.90 Å². The fourth-order valence-electron chi connectivity index (χ4n) is 4.70. The van der Waals surface area contributed by atoms with Crippen molar-refractivity contribution in [2.75, 3.05) is 13.1 Å². The zero-order chi connectivity index (χ0) is 20.8. The molecule has 0 amide bonds. The van der Waals surface area contributed by atoms with E-state index in [1.807, 2.05) is 12.1 Å². The van der Waals surface area contributed by atoms with Gasteiger partial charge in [0.1, 0.15) is 0 Å². The lowest BCUT2D eigenvalue weighted by atomic mass is 9.83. The van der Waals surface area contributed by atoms with E-state index in [9.17, 15) is 0 Å². The Hall–Kier alpha value is -1.80. The minimum Gasteiger partial charge on any atom is -0.300 e. The average molecular weight is 438 g/mol. The van der Waals surface area contributed by atoms with Gasteiger partial charge < -0.3 is 4.90 Å². The number of likely N-dealkylation sites (tertiary alicyclic amines) is 1. The van der Waals surface area contributed by atoms with E-state index in [4.69, 9.17) is 23.2 Å². The molecule has 1 heterocycles. The summed E-state index contributed by atoms with van der Waals surface area (Å²) in [5.41, 5.74) is 4.09. The highest BCUT2D eigenvalue weighted by Gasteiger charge is 2.26. The van der Waals surface area contributed by atoms with Crippen LogP contribution >= 0.6 is 23.2 Å². The van der Waals surface area contributed by atoms with Crippen molar-refractivity contribution in [1.29, 1.82) is 0 Å². The normalized spacial score (nSPS) is 17.4. The minimum atomic E-state index is 0.433. The highest BCUT2D eigenvalue weighted by molar-refractivity contribution is 6.42. The summed E-state index contributed by atoms with van der Waals surface area (Å²) >= 11 is 12.3. The van der Waals surface area contributed by atoms with Crippen LogP contribution in [0, 0.1) is 0 Å². The second kappa shape index (κ2) is 10.5. The first-order valence-electron chi connectivity index (χ1n) is 11.0. The van der Waals surface area contributed by atoms with E-state index >= 15 is 0 Å². The zero-order valence-electron chi connectivity index (χ0n) is 17.3. The number of piperidine rings is 1. The van der Waals surface area contributed by atoms with Gasteiger partial charge in [-0.05, 0) is 61.1 Å². The molecule has 0 radical (unpaired) electrons. The van der Waals surface area contributed by atoms with Crippen molar-refractivity contribution in [2.24, 2.45) is 0 Å². The topological polar surface area (TPSA) is 3.24 Å². The van der Waals surface area contributed by atoms with Crippen molar-refractivity contribution < 1.29 is 0 Å². The summed E-state index contributed by atoms with van der Waals surface area (Å²) < 4.78 is 0. The van der Waals surface area contributed by atoms with E-state index in [-0.39, 0.29) is 0 Å². The number of halogens is 2. The van der Waals surface area contributed by atoms with E-state index < -0.39 is 0 Å². The molecule has 0 aliphatic carbocycles. The van der Waals surface area contributed by atoms with Gasteiger partial charge in [-0.25, -0.2) is 0 Å². The largest absolute Gasteiger partial charge is 0.300 e. The molecule has 156 valence electrons. The number of hydrogen-bond acceptors (Lipinski definition) is 1. The first-order valence-corrected chi connectivity index (χ1v) is 11.7. The molecule has 1 unspecified atom stereocenters. The van der Waals surface area contributed by atoms with Crippen LogP contribution in [0.15, 0.2) is 78.9 Å². The molecule has 1 nitrogen and oxygen atoms in total. The van der Waals surface area contributed by atoms with Gasteiger partial charge in [-0.2, -0.15) is 0 Å². The van der Waals surface area contributed by atoms with Crippen LogP contribution in [-0.4, -0.2) is 24.0 Å². The van der Waals surface area contributed by atoms with E-state index in [1.54, 1.807) is 0 Å². The second-order valence-electron chi connectivity index (χ2n) is 8.29. The molecule has 1 atom stereocenters. The van der Waals surface area contributed by atoms with E-state index in [0.717, 1.165) is 19.4 Å². The van der Waals surface area contributed by atoms with Gasteiger partial charge in [0.25, 0.3) is 0 Å². The molecule has 0 spiro atoms. The maximum Gasteiger partial charge on any atom is 0.0595 e. The molecule has 3 aromatic rings. The molecule has 1 aliphatic rings. The van der Waals surface area contributed by atoms with Gasteiger partial charge in [-0.3, -0.25) is 0 Å². The smallest absolute Gasteiger partial charge is 0.0595 e. The summed E-state index contributed by atoms with van der Waals surface area (Å²) in [6, 6.07) is 28.6. The van der Waals surface area contributed by atoms with Crippen LogP contribution in [0.5, 0.6) is 0 Å². The predicted octanol–water partition coefficient (Wildman–Crippen LogP) is 7.61. The zero-order valence-corrected chi connectivity index (χ0v) is 18.8. The fraction of sp³-hybridized carbons (Fsp3) is 0.333. The number of hydrogen-bond donors (Lipinski definition) is 0. The molecule has 0 saturated carbocycles. The molecule has 0 aromatic heterocycles. The summed E-state index contributed by atoms with van der Waals surface area (Å²) in [6.07, 6.45) is 6.06. The summed E-state index contributed by atoms with van der Waals surface area (Å²) in [5.74, 6) is 0.433. The lowest BCUT2D eigenvalue weighted by Crippen LogP contribution is -2.41. The maximum absolute atomic E-state index is 6.22. The van der Waals surface area contributed by atoms with Crippen molar-refractivity contribution in [2.45, 2.75) is 44.1 Å². The van der Waals surface area contributed by atoms with Gasteiger partial charge in [0.2, 0.25) is 0 Å². The summed E-state index contributed by atoms with van der Waals surface area (Å²) in [4.78, 5) is 2.70. The maximum atomic E-state index is 6.22. The Bertz CT molecular complexity index is 887. The van der Waals surface area contributed by atoms with Crippen LogP contribution in [0.25, 0.3) is 0 Å². The van der Waals surface area contributed by atoms with Crippen LogP contribution in [0.2, 0.25) is 10.0 Å². The molecule has 4 rings (SSSR count). The molecule has 3 aromatic carbocycles. The van der Waals surface area contributed by atoms with Crippen molar-refractivity contribution in [3.05, 3.63) is 106 Å². The van der Waals surface area contributed by atoms with Gasteiger partial charge in [0.15, 0.2) is 0 Å². The Labute approximate surface area is 190 Å². The summed E-state index contributed by atoms with van der Waals surface area (Å²) in [5, 5.41) is 1.28. The van der Waals surface area contributed by atoms with Crippen LogP contribution in [0.4, 0.5) is 0 Å². The number of nitrogens with zero attached hydrogens (tertiary/aromatic N) is 1. The Morgan fingerprint density at radius 3 is 2.10 bits per heavy atom. The lowest BCUT2D eigenvalue weighted by molar-refractivity contribution is 0.138. The predicted molar refractivity (Wildman–Crippen MR) is 129 cm³/mol. The third kappa shape index (κ3) is 5.46. The molecule has 30 heavy (non-hydrogen) atoms. The van der Waals surface area contributed by atoms with Gasteiger partial charge >= 0.3 is 0 Å². The van der Waals surface area contributed by atoms with Crippen molar-refractivity contribution in [3.63, 3.8) is 0 Å². The van der Waals surface area contributed by atoms with Gasteiger partial charge in [-0.15, -0.1) is 0 Å². The van der Waals surface area contributed by atoms with Crippen LogP contribution < -0.4 is 0 Å². The van der Waals surface area contributed by atoms with Gasteiger partial charge in [0.05, 0.1) is 10.0 Å². The lowest BCUT2D eigenvalue weighted by Gasteiger charge is -2.38. The summed E-state index contributed by atoms with van der Waals surface area (Å²) in [7, 11) is 0. The molecule has 0 N–H and O–H groups in total. The highest BCUT2D eigenvalue weighted by atomic mass is 35.5. The van der Waals surface area contributed by atoms with E-state index in [0.29, 0.717) is 22.0 Å². The number of benzene rings is 3. The van der Waals surface area contributed by atoms with E-state index in [2.05, 4.69) is 71.6 Å². The highest BCUT2D eigenvalue weighted by Crippen LogP contribution is 2.33. The summed E-state index contributed by atoms with van der Waals surface area (Å²) in [6.45, 7) is 2.25. The molecule has 1 aliphatic heterocycles. The first kappa shape index (κ1) is 21.4. The fourth-order valence-corrected chi connectivity index (χ4v) is 5.02. The molecule has 0 bridgehead atoms. The second-order valence-corrected chi connectivity index (χ2v) is 9.11. The first-order chi connectivity index (χ1) is 14.7. The molecule has 1 fully saturated rings. The van der Waals surface area contributed by atoms with Crippen molar-refractivity contribution in [3.8, 4) is 0 Å². The molecular formula is C27H29Cl2N. The average Bonchev–Trinajstić information content (AvgIpc) is 2.80. The SMILES string of the molecule is Clc1ccc(CCN2CCCCC2CC(c2ccccc2)c2ccccc2)cc1Cl. The van der Waals surface area contributed by atoms with Gasteiger partial charge in [-0.1, -0.05) is 96.4 Å². The Kier molecular flexibility index (Phi) is 7.49.